The molecule has 3 heterocycles. The Hall–Kier alpha value is -3.95. The van der Waals surface area contributed by atoms with Gasteiger partial charge in [-0.3, -0.25) is 14.5 Å². The number of hydrogen-bond donors (Lipinski definition) is 0. The molecule has 4 rings (SSSR count). The number of pyridine rings is 1. The predicted octanol–water partition coefficient (Wildman–Crippen LogP) is 3.35. The molecule has 4 aromatic rings. The smallest absolute Gasteiger partial charge is 0.256 e. The van der Waals surface area contributed by atoms with Crippen molar-refractivity contribution < 1.29 is 13.6 Å². The molecular weight excluding hydrogens is 416 g/mol. The molecule has 10 heteroatoms. The van der Waals surface area contributed by atoms with Crippen molar-refractivity contribution in [3.8, 4) is 16.9 Å². The van der Waals surface area contributed by atoms with Crippen LogP contribution in [0.2, 0.25) is 0 Å². The molecule has 0 aliphatic heterocycles. The van der Waals surface area contributed by atoms with Crippen molar-refractivity contribution >= 4 is 5.91 Å². The summed E-state index contributed by atoms with van der Waals surface area (Å²) in [7, 11) is 0. The largest absolute Gasteiger partial charge is 0.334 e. The number of likely N-dealkylation sites (N-methyl/N-ethyl adjacent to an activating group) is 1. The maximum Gasteiger partial charge on any atom is 0.256 e. The van der Waals surface area contributed by atoms with Crippen LogP contribution in [-0.4, -0.2) is 53.2 Å². The van der Waals surface area contributed by atoms with Crippen molar-refractivity contribution in [1.82, 2.24) is 34.7 Å². The summed E-state index contributed by atoms with van der Waals surface area (Å²) in [6.07, 6.45) is 7.56. The molecule has 0 saturated carbocycles. The first-order chi connectivity index (χ1) is 15.5. The van der Waals surface area contributed by atoms with Crippen molar-refractivity contribution in [2.45, 2.75) is 26.4 Å². The van der Waals surface area contributed by atoms with Crippen LogP contribution in [0.1, 0.15) is 24.2 Å². The van der Waals surface area contributed by atoms with E-state index >= 15 is 0 Å². The zero-order valence-electron chi connectivity index (χ0n) is 17.6. The molecule has 1 amide bonds. The fourth-order valence-electron chi connectivity index (χ4n) is 3.52. The van der Waals surface area contributed by atoms with Gasteiger partial charge in [0, 0.05) is 24.3 Å². The lowest BCUT2D eigenvalue weighted by molar-refractivity contribution is 0.0684. The van der Waals surface area contributed by atoms with Crippen LogP contribution in [0.15, 0.2) is 61.3 Å². The van der Waals surface area contributed by atoms with Crippen LogP contribution in [0.5, 0.6) is 0 Å². The zero-order chi connectivity index (χ0) is 22.7. The topological polar surface area (TPSA) is 81.7 Å². The van der Waals surface area contributed by atoms with Crippen LogP contribution in [0.4, 0.5) is 8.78 Å². The molecule has 0 radical (unpaired) electrons. The van der Waals surface area contributed by atoms with Gasteiger partial charge in [0.1, 0.15) is 11.6 Å². The Morgan fingerprint density at radius 2 is 1.81 bits per heavy atom. The normalized spacial score (nSPS) is 12.0. The minimum atomic E-state index is -0.517. The first-order valence-corrected chi connectivity index (χ1v) is 10.1. The third-order valence-electron chi connectivity index (χ3n) is 5.06. The number of nitrogens with zero attached hydrogens (tertiary/aromatic N) is 7. The number of carbonyl (C=O) groups is 1. The summed E-state index contributed by atoms with van der Waals surface area (Å²) in [5.41, 5.74) is 1.91. The Labute approximate surface area is 183 Å². The highest BCUT2D eigenvalue weighted by Gasteiger charge is 2.24. The SMILES string of the molecule is CCN(C(=O)c1cc(F)ccc1-n1nccn1)[C@@H](C)Cn1cc(-c2ccc(F)cn2)cn1. The van der Waals surface area contributed by atoms with E-state index in [2.05, 4.69) is 20.3 Å². The summed E-state index contributed by atoms with van der Waals surface area (Å²) in [5.74, 6) is -1.26. The second kappa shape index (κ2) is 9.04. The van der Waals surface area contributed by atoms with E-state index < -0.39 is 11.6 Å². The lowest BCUT2D eigenvalue weighted by Gasteiger charge is -2.28. The standard InChI is InChI=1S/C22H21F2N7O/c1-3-30(22(32)19-10-17(23)5-7-21(19)31-26-8-9-27-31)15(2)13-29-14-16(11-28-29)20-6-4-18(24)12-25-20/h4-12,14-15H,3,13H2,1-2H3/t15-/m0/s1. The molecule has 0 fully saturated rings. The van der Waals surface area contributed by atoms with Gasteiger partial charge in [0.05, 0.1) is 48.3 Å². The summed E-state index contributed by atoms with van der Waals surface area (Å²) in [4.78, 5) is 20.3. The van der Waals surface area contributed by atoms with Crippen molar-refractivity contribution in [2.75, 3.05) is 6.54 Å². The van der Waals surface area contributed by atoms with E-state index in [9.17, 15) is 13.6 Å². The van der Waals surface area contributed by atoms with Crippen LogP contribution in [0.3, 0.4) is 0 Å². The van der Waals surface area contributed by atoms with Crippen molar-refractivity contribution in [3.63, 3.8) is 0 Å². The van der Waals surface area contributed by atoms with E-state index in [0.717, 1.165) is 11.8 Å². The Morgan fingerprint density at radius 1 is 1.06 bits per heavy atom. The molecular formula is C22H21F2N7O. The highest BCUT2D eigenvalue weighted by Crippen LogP contribution is 2.20. The van der Waals surface area contributed by atoms with Gasteiger partial charge in [-0.05, 0) is 44.2 Å². The minimum Gasteiger partial charge on any atom is -0.334 e. The van der Waals surface area contributed by atoms with Gasteiger partial charge in [0.25, 0.3) is 5.91 Å². The maximum atomic E-state index is 14.0. The summed E-state index contributed by atoms with van der Waals surface area (Å²) in [6, 6.07) is 6.62. The van der Waals surface area contributed by atoms with Crippen molar-refractivity contribution in [3.05, 3.63) is 78.5 Å². The van der Waals surface area contributed by atoms with E-state index in [-0.39, 0.29) is 17.5 Å². The van der Waals surface area contributed by atoms with Crippen LogP contribution in [0.25, 0.3) is 16.9 Å². The molecule has 1 atom stereocenters. The average Bonchev–Trinajstić information content (AvgIpc) is 3.47. The summed E-state index contributed by atoms with van der Waals surface area (Å²) in [6.45, 7) is 4.57. The summed E-state index contributed by atoms with van der Waals surface area (Å²) in [5, 5.41) is 12.5. The fraction of sp³-hybridized carbons (Fsp3) is 0.227. The van der Waals surface area contributed by atoms with Gasteiger partial charge in [0.15, 0.2) is 0 Å². The number of benzene rings is 1. The van der Waals surface area contributed by atoms with E-state index in [0.29, 0.717) is 24.5 Å². The number of aromatic nitrogens is 6. The van der Waals surface area contributed by atoms with E-state index in [1.165, 1.54) is 41.5 Å². The number of hydrogen-bond acceptors (Lipinski definition) is 5. The Bertz CT molecular complexity index is 1210. The van der Waals surface area contributed by atoms with Crippen molar-refractivity contribution in [1.29, 1.82) is 0 Å². The molecule has 0 N–H and O–H groups in total. The van der Waals surface area contributed by atoms with Gasteiger partial charge in [-0.1, -0.05) is 0 Å². The molecule has 8 nitrogen and oxygen atoms in total. The molecule has 1 aromatic carbocycles. The molecule has 0 unspecified atom stereocenters. The third kappa shape index (κ3) is 4.39. The second-order valence-electron chi connectivity index (χ2n) is 7.23. The van der Waals surface area contributed by atoms with Gasteiger partial charge >= 0.3 is 0 Å². The zero-order valence-corrected chi connectivity index (χ0v) is 17.6. The molecule has 0 aliphatic carbocycles. The lowest BCUT2D eigenvalue weighted by atomic mass is 10.1. The maximum absolute atomic E-state index is 14.0. The first kappa shape index (κ1) is 21.3. The number of carbonyl (C=O) groups excluding carboxylic acids is 1. The summed E-state index contributed by atoms with van der Waals surface area (Å²) >= 11 is 0. The Morgan fingerprint density at radius 3 is 2.50 bits per heavy atom. The van der Waals surface area contributed by atoms with E-state index in [1.54, 1.807) is 28.0 Å². The van der Waals surface area contributed by atoms with Gasteiger partial charge in [0.2, 0.25) is 0 Å². The highest BCUT2D eigenvalue weighted by molar-refractivity contribution is 5.97. The molecule has 0 spiro atoms. The average molecular weight is 437 g/mol. The highest BCUT2D eigenvalue weighted by atomic mass is 19.1. The molecule has 0 bridgehead atoms. The fourth-order valence-corrected chi connectivity index (χ4v) is 3.52. The Balaban J connectivity index is 1.55. The van der Waals surface area contributed by atoms with Gasteiger partial charge in [-0.2, -0.15) is 20.1 Å². The number of rotatable bonds is 7. The van der Waals surface area contributed by atoms with Crippen LogP contribution in [-0.2, 0) is 6.54 Å². The molecule has 3 aromatic heterocycles. The van der Waals surface area contributed by atoms with E-state index in [4.69, 9.17) is 0 Å². The van der Waals surface area contributed by atoms with Gasteiger partial charge < -0.3 is 4.90 Å². The second-order valence-corrected chi connectivity index (χ2v) is 7.23. The quantitative estimate of drug-likeness (QED) is 0.443. The van der Waals surface area contributed by atoms with Crippen LogP contribution in [0, 0.1) is 11.6 Å². The molecule has 0 saturated heterocycles. The van der Waals surface area contributed by atoms with Crippen molar-refractivity contribution in [2.24, 2.45) is 0 Å². The van der Waals surface area contributed by atoms with Gasteiger partial charge in [-0.25, -0.2) is 8.78 Å². The van der Waals surface area contributed by atoms with Crippen LogP contribution >= 0.6 is 0 Å². The Kier molecular flexibility index (Phi) is 6.02. The molecule has 164 valence electrons. The van der Waals surface area contributed by atoms with Gasteiger partial charge in [-0.15, -0.1) is 0 Å². The molecule has 0 aliphatic rings. The number of halogens is 2. The minimum absolute atomic E-state index is 0.173. The van der Waals surface area contributed by atoms with Crippen LogP contribution < -0.4 is 0 Å². The first-order valence-electron chi connectivity index (χ1n) is 10.1. The number of amides is 1. The summed E-state index contributed by atoms with van der Waals surface area (Å²) < 4.78 is 28.8. The monoisotopic (exact) mass is 437 g/mol. The van der Waals surface area contributed by atoms with E-state index in [1.807, 2.05) is 13.8 Å². The predicted molar refractivity (Wildman–Crippen MR) is 113 cm³/mol. The third-order valence-corrected chi connectivity index (χ3v) is 5.06. The molecule has 32 heavy (non-hydrogen) atoms. The lowest BCUT2D eigenvalue weighted by Crippen LogP contribution is -2.41.